The molecule has 6 nitrogen and oxygen atoms in total. The first-order chi connectivity index (χ1) is 23.5. The molecular weight excluding hydrogens is 667 g/mol. The second-order valence-electron chi connectivity index (χ2n) is 14.2. The van der Waals surface area contributed by atoms with Crippen molar-refractivity contribution in [3.05, 3.63) is 24.3 Å². The zero-order chi connectivity index (χ0) is 35.2. The van der Waals surface area contributed by atoms with Crippen LogP contribution in [0, 0.1) is 0 Å². The lowest BCUT2D eigenvalue weighted by atomic mass is 9.93. The van der Waals surface area contributed by atoms with Crippen LogP contribution < -0.4 is 11.5 Å². The SMILES string of the molecule is CCCCCCCCCCCCC=CCCCC(=O)OCCC(N)(CN)CCOC(=O)CCCC=CCCCCCCCCCCCC.Cl.Cl. The minimum absolute atomic E-state index is 0. The van der Waals surface area contributed by atoms with Crippen molar-refractivity contribution >= 4 is 36.8 Å². The van der Waals surface area contributed by atoms with Crippen LogP contribution in [0.4, 0.5) is 0 Å². The molecule has 0 aliphatic carbocycles. The van der Waals surface area contributed by atoms with Gasteiger partial charge in [-0.1, -0.05) is 154 Å². The fourth-order valence-electron chi connectivity index (χ4n) is 5.91. The third-order valence-electron chi connectivity index (χ3n) is 9.42. The van der Waals surface area contributed by atoms with Crippen LogP contribution in [0.15, 0.2) is 24.3 Å². The molecule has 0 bridgehead atoms. The first-order valence-electron chi connectivity index (χ1n) is 20.6. The summed E-state index contributed by atoms with van der Waals surface area (Å²) in [4.78, 5) is 24.3. The maximum Gasteiger partial charge on any atom is 0.305 e. The van der Waals surface area contributed by atoms with Crippen molar-refractivity contribution < 1.29 is 19.1 Å². The summed E-state index contributed by atoms with van der Waals surface area (Å²) in [6, 6.07) is 0. The van der Waals surface area contributed by atoms with Crippen LogP contribution >= 0.6 is 24.8 Å². The van der Waals surface area contributed by atoms with Gasteiger partial charge in [0.25, 0.3) is 0 Å². The van der Waals surface area contributed by atoms with Crippen LogP contribution in [0.5, 0.6) is 0 Å². The Labute approximate surface area is 322 Å². The minimum atomic E-state index is -0.713. The van der Waals surface area contributed by atoms with Gasteiger partial charge in [0.1, 0.15) is 0 Å². The van der Waals surface area contributed by atoms with E-state index in [4.69, 9.17) is 20.9 Å². The van der Waals surface area contributed by atoms with E-state index in [1.54, 1.807) is 0 Å². The molecule has 0 atom stereocenters. The van der Waals surface area contributed by atoms with Crippen LogP contribution in [-0.2, 0) is 19.1 Å². The van der Waals surface area contributed by atoms with E-state index in [9.17, 15) is 9.59 Å². The standard InChI is InChI=1S/C42H80N2O4.2ClH/c1-3-5-7-9-11-13-15-17-19-21-23-25-27-29-31-33-40(45)47-37-35-42(44,39-43)36-38-48-41(46)34-32-30-28-26-24-22-20-18-16-14-12-10-8-6-4-2;;/h25-28H,3-24,29-39,43-44H2,1-2H3;2*1H. The van der Waals surface area contributed by atoms with Gasteiger partial charge in [0.2, 0.25) is 0 Å². The molecule has 8 heteroatoms. The van der Waals surface area contributed by atoms with E-state index in [1.165, 1.54) is 128 Å². The molecule has 50 heavy (non-hydrogen) atoms. The molecule has 0 aliphatic heterocycles. The molecule has 0 spiro atoms. The third kappa shape index (κ3) is 39.7. The summed E-state index contributed by atoms with van der Waals surface area (Å²) >= 11 is 0. The average Bonchev–Trinajstić information content (AvgIpc) is 3.08. The van der Waals surface area contributed by atoms with Crippen molar-refractivity contribution in [3.63, 3.8) is 0 Å². The van der Waals surface area contributed by atoms with Gasteiger partial charge in [-0.3, -0.25) is 9.59 Å². The molecule has 0 radical (unpaired) electrons. The molecular formula is C42H82Cl2N2O4. The normalized spacial score (nSPS) is 12.5. The topological polar surface area (TPSA) is 105 Å². The van der Waals surface area contributed by atoms with E-state index in [1.807, 2.05) is 0 Å². The number of unbranched alkanes of at least 4 members (excludes halogenated alkanes) is 22. The number of carbonyl (C=O) groups excluding carboxylic acids is 2. The molecule has 0 saturated heterocycles. The number of carbonyl (C=O) groups is 2. The third-order valence-corrected chi connectivity index (χ3v) is 9.42. The summed E-state index contributed by atoms with van der Waals surface area (Å²) < 4.78 is 10.8. The number of hydrogen-bond acceptors (Lipinski definition) is 6. The maximum absolute atomic E-state index is 12.1. The summed E-state index contributed by atoms with van der Waals surface area (Å²) in [7, 11) is 0. The van der Waals surface area contributed by atoms with Crippen LogP contribution in [0.2, 0.25) is 0 Å². The summed E-state index contributed by atoms with van der Waals surface area (Å²) in [6.45, 7) is 5.26. The minimum Gasteiger partial charge on any atom is -0.466 e. The Balaban J connectivity index is -0.0000110. The highest BCUT2D eigenvalue weighted by Crippen LogP contribution is 2.15. The zero-order valence-corrected chi connectivity index (χ0v) is 34.4. The van der Waals surface area contributed by atoms with E-state index >= 15 is 0 Å². The number of nitrogens with two attached hydrogens (primary N) is 2. The molecule has 4 N–H and O–H groups in total. The Morgan fingerprint density at radius 1 is 0.480 bits per heavy atom. The second-order valence-corrected chi connectivity index (χ2v) is 14.2. The lowest BCUT2D eigenvalue weighted by Gasteiger charge is -2.27. The Morgan fingerprint density at radius 2 is 0.760 bits per heavy atom. The van der Waals surface area contributed by atoms with Gasteiger partial charge in [-0.2, -0.15) is 0 Å². The lowest BCUT2D eigenvalue weighted by molar-refractivity contribution is -0.144. The predicted octanol–water partition coefficient (Wildman–Crippen LogP) is 12.4. The van der Waals surface area contributed by atoms with Crippen LogP contribution in [0.3, 0.4) is 0 Å². The van der Waals surface area contributed by atoms with Crippen molar-refractivity contribution in [3.8, 4) is 0 Å². The Bertz CT molecular complexity index is 721. The van der Waals surface area contributed by atoms with Gasteiger partial charge in [0.15, 0.2) is 0 Å². The van der Waals surface area contributed by atoms with Crippen molar-refractivity contribution in [2.75, 3.05) is 19.8 Å². The van der Waals surface area contributed by atoms with E-state index in [-0.39, 0.29) is 56.5 Å². The highest BCUT2D eigenvalue weighted by Gasteiger charge is 2.24. The Kier molecular flexibility index (Phi) is 45.1. The largest absolute Gasteiger partial charge is 0.466 e. The first kappa shape index (κ1) is 53.3. The monoisotopic (exact) mass is 749 g/mol. The van der Waals surface area contributed by atoms with Gasteiger partial charge in [-0.15, -0.1) is 24.8 Å². The molecule has 0 amide bonds. The van der Waals surface area contributed by atoms with Crippen LogP contribution in [0.25, 0.3) is 0 Å². The number of rotatable bonds is 37. The molecule has 0 aliphatic rings. The molecule has 0 fully saturated rings. The fraction of sp³-hybridized carbons (Fsp3) is 0.857. The number of halogens is 2. The van der Waals surface area contributed by atoms with Crippen molar-refractivity contribution in [2.24, 2.45) is 11.5 Å². The summed E-state index contributed by atoms with van der Waals surface area (Å²) in [5.74, 6) is -0.386. The van der Waals surface area contributed by atoms with E-state index < -0.39 is 5.54 Å². The highest BCUT2D eigenvalue weighted by molar-refractivity contribution is 5.85. The van der Waals surface area contributed by atoms with Gasteiger partial charge in [0.05, 0.1) is 13.2 Å². The van der Waals surface area contributed by atoms with Crippen molar-refractivity contribution in [2.45, 2.75) is 212 Å². The molecule has 0 unspecified atom stereocenters. The van der Waals surface area contributed by atoms with Crippen LogP contribution in [-0.4, -0.2) is 37.2 Å². The Hall–Kier alpha value is -1.08. The molecule has 0 aromatic carbocycles. The molecule has 0 heterocycles. The number of esters is 2. The smallest absolute Gasteiger partial charge is 0.305 e. The average molecular weight is 750 g/mol. The molecule has 0 aromatic rings. The van der Waals surface area contributed by atoms with E-state index in [2.05, 4.69) is 38.2 Å². The van der Waals surface area contributed by atoms with E-state index in [0.717, 1.165) is 38.5 Å². The van der Waals surface area contributed by atoms with E-state index in [0.29, 0.717) is 25.7 Å². The summed E-state index contributed by atoms with van der Waals surface area (Å²) in [5.41, 5.74) is 11.6. The summed E-state index contributed by atoms with van der Waals surface area (Å²) in [6.07, 6.45) is 43.5. The number of ether oxygens (including phenoxy) is 2. The lowest BCUT2D eigenvalue weighted by Crippen LogP contribution is -2.49. The van der Waals surface area contributed by atoms with Gasteiger partial charge in [0, 0.05) is 37.8 Å². The molecule has 298 valence electrons. The van der Waals surface area contributed by atoms with Crippen LogP contribution in [0.1, 0.15) is 206 Å². The van der Waals surface area contributed by atoms with Gasteiger partial charge in [-0.25, -0.2) is 0 Å². The molecule has 0 rings (SSSR count). The van der Waals surface area contributed by atoms with Gasteiger partial charge >= 0.3 is 11.9 Å². The predicted molar refractivity (Wildman–Crippen MR) is 221 cm³/mol. The number of hydrogen-bond donors (Lipinski definition) is 2. The highest BCUT2D eigenvalue weighted by atomic mass is 35.5. The Morgan fingerprint density at radius 3 is 1.06 bits per heavy atom. The first-order valence-corrected chi connectivity index (χ1v) is 20.6. The quantitative estimate of drug-likeness (QED) is 0.0372. The molecule has 0 saturated carbocycles. The maximum atomic E-state index is 12.1. The van der Waals surface area contributed by atoms with Crippen molar-refractivity contribution in [1.29, 1.82) is 0 Å². The second kappa shape index (κ2) is 42.3. The van der Waals surface area contributed by atoms with Crippen molar-refractivity contribution in [1.82, 2.24) is 0 Å². The fourth-order valence-corrected chi connectivity index (χ4v) is 5.91. The summed E-state index contributed by atoms with van der Waals surface area (Å²) in [5, 5.41) is 0. The number of allylic oxidation sites excluding steroid dienone is 4. The molecule has 0 aromatic heterocycles. The van der Waals surface area contributed by atoms with Gasteiger partial charge < -0.3 is 20.9 Å². The zero-order valence-electron chi connectivity index (χ0n) is 32.7. The van der Waals surface area contributed by atoms with Gasteiger partial charge in [-0.05, 0) is 51.4 Å².